The van der Waals surface area contributed by atoms with Crippen LogP contribution in [0.3, 0.4) is 0 Å². The van der Waals surface area contributed by atoms with Crippen LogP contribution >= 0.6 is 35.0 Å². The molecule has 1 heterocycles. The number of benzene rings is 4. The van der Waals surface area contributed by atoms with Crippen molar-refractivity contribution in [2.45, 2.75) is 13.5 Å². The molecule has 0 radical (unpaired) electrons. The molecule has 4 aromatic rings. The van der Waals surface area contributed by atoms with Crippen molar-refractivity contribution in [3.63, 3.8) is 0 Å². The van der Waals surface area contributed by atoms with E-state index in [1.165, 1.54) is 23.9 Å². The molecule has 0 aliphatic carbocycles. The first-order valence-corrected chi connectivity index (χ1v) is 14.4. The Kier molecular flexibility index (Phi) is 9.17. The number of rotatable bonds is 9. The van der Waals surface area contributed by atoms with Crippen molar-refractivity contribution in [3.05, 3.63) is 123 Å². The molecule has 212 valence electrons. The highest BCUT2D eigenvalue weighted by Crippen LogP contribution is 2.39. The number of hydrogen-bond acceptors (Lipinski definition) is 6. The maximum absolute atomic E-state index is 13.7. The van der Waals surface area contributed by atoms with Crippen molar-refractivity contribution in [2.24, 2.45) is 4.99 Å². The van der Waals surface area contributed by atoms with E-state index >= 15 is 0 Å². The van der Waals surface area contributed by atoms with Gasteiger partial charge in [0.25, 0.3) is 5.91 Å². The molecule has 42 heavy (non-hydrogen) atoms. The summed E-state index contributed by atoms with van der Waals surface area (Å²) >= 11 is 13.4. The number of aromatic carboxylic acids is 1. The fraction of sp³-hybridized carbons (Fsp3) is 0.0938. The zero-order chi connectivity index (χ0) is 29.6. The number of nitrogens with zero attached hydrogens (tertiary/aromatic N) is 2. The molecule has 10 heteroatoms. The topological polar surface area (TPSA) is 88.4 Å². The van der Waals surface area contributed by atoms with Crippen LogP contribution in [0.25, 0.3) is 6.08 Å². The summed E-state index contributed by atoms with van der Waals surface area (Å²) in [6.07, 6.45) is 1.79. The van der Waals surface area contributed by atoms with Gasteiger partial charge in [-0.05, 0) is 109 Å². The van der Waals surface area contributed by atoms with Gasteiger partial charge in [0.15, 0.2) is 16.7 Å². The van der Waals surface area contributed by atoms with Gasteiger partial charge in [-0.2, -0.15) is 0 Å². The summed E-state index contributed by atoms with van der Waals surface area (Å²) in [6.45, 7) is 2.52. The third-order valence-corrected chi connectivity index (χ3v) is 7.58. The normalized spacial score (nSPS) is 14.9. The average molecular weight is 620 g/mol. The Bertz CT molecular complexity index is 1670. The number of carbonyl (C=O) groups excluding carboxylic acids is 1. The van der Waals surface area contributed by atoms with Gasteiger partial charge in [-0.25, -0.2) is 9.79 Å². The van der Waals surface area contributed by atoms with Crippen LogP contribution in [0, 0.1) is 0 Å². The molecule has 1 saturated heterocycles. The van der Waals surface area contributed by atoms with Gasteiger partial charge in [-0.15, -0.1) is 0 Å². The smallest absolute Gasteiger partial charge is 0.335 e. The molecule has 0 unspecified atom stereocenters. The van der Waals surface area contributed by atoms with Crippen LogP contribution in [0.1, 0.15) is 28.4 Å². The number of amidine groups is 1. The lowest BCUT2D eigenvalue weighted by atomic mass is 10.1. The van der Waals surface area contributed by atoms with Crippen molar-refractivity contribution in [1.82, 2.24) is 0 Å². The molecule has 0 saturated carbocycles. The van der Waals surface area contributed by atoms with Crippen molar-refractivity contribution in [2.75, 3.05) is 11.5 Å². The summed E-state index contributed by atoms with van der Waals surface area (Å²) in [4.78, 5) is 31.5. The van der Waals surface area contributed by atoms with Crippen LogP contribution in [-0.2, 0) is 11.4 Å². The number of carboxylic acids is 1. The number of halogens is 2. The van der Waals surface area contributed by atoms with Gasteiger partial charge >= 0.3 is 5.97 Å². The predicted molar refractivity (Wildman–Crippen MR) is 168 cm³/mol. The first-order valence-electron chi connectivity index (χ1n) is 12.9. The number of carbonyl (C=O) groups is 2. The Morgan fingerprint density at radius 2 is 1.57 bits per heavy atom. The van der Waals surface area contributed by atoms with Crippen LogP contribution in [0.15, 0.2) is 101 Å². The highest BCUT2D eigenvalue weighted by Gasteiger charge is 2.34. The first kappa shape index (κ1) is 29.3. The molecule has 1 fully saturated rings. The minimum Gasteiger partial charge on any atom is -0.490 e. The van der Waals surface area contributed by atoms with Crippen LogP contribution < -0.4 is 14.4 Å². The highest BCUT2D eigenvalue weighted by molar-refractivity contribution is 8.19. The van der Waals surface area contributed by atoms with E-state index in [0.29, 0.717) is 49.6 Å². The van der Waals surface area contributed by atoms with Crippen molar-refractivity contribution in [3.8, 4) is 11.5 Å². The monoisotopic (exact) mass is 618 g/mol. The third kappa shape index (κ3) is 6.97. The SMILES string of the molecule is CCOc1cc(/C=C2\SC(=Nc3ccc(Cl)cc3)N(c3ccc(Cl)cc3)C2=O)ccc1OCc1ccc(C(=O)O)cc1. The number of aliphatic imine (C=N–C) groups is 1. The molecule has 1 N–H and O–H groups in total. The molecular weight excluding hydrogens is 595 g/mol. The second-order valence-electron chi connectivity index (χ2n) is 9.03. The molecule has 7 nitrogen and oxygen atoms in total. The number of anilines is 1. The molecule has 1 aliphatic heterocycles. The van der Waals surface area contributed by atoms with E-state index < -0.39 is 5.97 Å². The summed E-state index contributed by atoms with van der Waals surface area (Å²) in [6, 6.07) is 26.0. The minimum atomic E-state index is -0.982. The molecule has 1 aliphatic rings. The average Bonchev–Trinajstić information content (AvgIpc) is 3.28. The number of amides is 1. The van der Waals surface area contributed by atoms with E-state index in [9.17, 15) is 9.59 Å². The fourth-order valence-electron chi connectivity index (χ4n) is 4.05. The highest BCUT2D eigenvalue weighted by atomic mass is 35.5. The van der Waals surface area contributed by atoms with E-state index in [0.717, 1.165) is 11.1 Å². The molecule has 5 rings (SSSR count). The van der Waals surface area contributed by atoms with Crippen molar-refractivity contribution >= 4 is 69.5 Å². The Balaban J connectivity index is 1.42. The van der Waals surface area contributed by atoms with Gasteiger partial charge in [0.2, 0.25) is 0 Å². The molecule has 0 aromatic heterocycles. The van der Waals surface area contributed by atoms with Crippen molar-refractivity contribution in [1.29, 1.82) is 0 Å². The second-order valence-corrected chi connectivity index (χ2v) is 10.9. The summed E-state index contributed by atoms with van der Waals surface area (Å²) in [5.74, 6) is -0.156. The second kappa shape index (κ2) is 13.2. The van der Waals surface area contributed by atoms with E-state index in [-0.39, 0.29) is 18.1 Å². The Morgan fingerprint density at radius 3 is 2.21 bits per heavy atom. The van der Waals surface area contributed by atoms with Gasteiger partial charge in [-0.3, -0.25) is 9.69 Å². The standard InChI is InChI=1S/C32H24Cl2N2O5S/c1-2-40-28-17-21(5-16-27(28)41-19-20-3-6-22(7-4-20)31(38)39)18-29-30(37)36(26-14-10-24(34)11-15-26)32(42-29)35-25-12-8-23(33)9-13-25/h3-18H,2,19H2,1H3,(H,38,39)/b29-18-,35-32?. The first-order chi connectivity index (χ1) is 20.3. The van der Waals surface area contributed by atoms with Gasteiger partial charge in [-0.1, -0.05) is 41.4 Å². The Morgan fingerprint density at radius 1 is 0.905 bits per heavy atom. The van der Waals surface area contributed by atoms with Gasteiger partial charge in [0.05, 0.1) is 28.5 Å². The maximum Gasteiger partial charge on any atom is 0.335 e. The largest absolute Gasteiger partial charge is 0.490 e. The van der Waals surface area contributed by atoms with E-state index in [2.05, 4.69) is 0 Å². The molecule has 4 aromatic carbocycles. The fourth-order valence-corrected chi connectivity index (χ4v) is 5.30. The van der Waals surface area contributed by atoms with Crippen LogP contribution in [-0.4, -0.2) is 28.8 Å². The zero-order valence-corrected chi connectivity index (χ0v) is 24.6. The van der Waals surface area contributed by atoms with E-state index in [1.807, 2.05) is 19.1 Å². The van der Waals surface area contributed by atoms with Gasteiger partial charge in [0, 0.05) is 10.0 Å². The van der Waals surface area contributed by atoms with Crippen LogP contribution in [0.5, 0.6) is 11.5 Å². The quantitative estimate of drug-likeness (QED) is 0.189. The Labute approximate surface area is 257 Å². The predicted octanol–water partition coefficient (Wildman–Crippen LogP) is 8.48. The van der Waals surface area contributed by atoms with Crippen LogP contribution in [0.2, 0.25) is 10.0 Å². The zero-order valence-electron chi connectivity index (χ0n) is 22.3. The number of thioether (sulfide) groups is 1. The lowest BCUT2D eigenvalue weighted by molar-refractivity contribution is -0.113. The summed E-state index contributed by atoms with van der Waals surface area (Å²) < 4.78 is 11.8. The number of carboxylic acid groups (broad SMARTS) is 1. The lowest BCUT2D eigenvalue weighted by Crippen LogP contribution is -2.28. The number of ether oxygens (including phenoxy) is 2. The van der Waals surface area contributed by atoms with Gasteiger partial charge < -0.3 is 14.6 Å². The molecule has 0 spiro atoms. The Hall–Kier alpha value is -4.24. The van der Waals surface area contributed by atoms with Crippen molar-refractivity contribution < 1.29 is 24.2 Å². The van der Waals surface area contributed by atoms with Crippen LogP contribution in [0.4, 0.5) is 11.4 Å². The third-order valence-electron chi connectivity index (χ3n) is 6.10. The van der Waals surface area contributed by atoms with E-state index in [4.69, 9.17) is 42.8 Å². The molecule has 1 amide bonds. The summed E-state index contributed by atoms with van der Waals surface area (Å²) in [5, 5.41) is 10.8. The minimum absolute atomic E-state index is 0.210. The number of hydrogen-bond donors (Lipinski definition) is 1. The molecule has 0 atom stereocenters. The van der Waals surface area contributed by atoms with Gasteiger partial charge in [0.1, 0.15) is 6.61 Å². The summed E-state index contributed by atoms with van der Waals surface area (Å²) in [7, 11) is 0. The molecular formula is C32H24Cl2N2O5S. The molecule has 0 bridgehead atoms. The summed E-state index contributed by atoms with van der Waals surface area (Å²) in [5.41, 5.74) is 3.07. The lowest BCUT2D eigenvalue weighted by Gasteiger charge is -2.15. The maximum atomic E-state index is 13.7. The van der Waals surface area contributed by atoms with E-state index in [1.54, 1.807) is 77.7 Å².